The van der Waals surface area contributed by atoms with Gasteiger partial charge in [0.25, 0.3) is 23.6 Å². The summed E-state index contributed by atoms with van der Waals surface area (Å²) in [5.41, 5.74) is 0. The number of hydrogen-bond donors (Lipinski definition) is 0. The van der Waals surface area contributed by atoms with Gasteiger partial charge in [0.2, 0.25) is 0 Å². The SMILES string of the molecule is CC(C)COC(=O)ON1C(=O)CN(CCN2CC(=O)N(OC(=O)OCC(C)C)C(=O)C2)CC1=O. The lowest BCUT2D eigenvalue weighted by atomic mass is 10.2. The number of piperazine rings is 2. The van der Waals surface area contributed by atoms with Crippen molar-refractivity contribution >= 4 is 35.9 Å². The van der Waals surface area contributed by atoms with Gasteiger partial charge in [-0.2, -0.15) is 0 Å². The van der Waals surface area contributed by atoms with Crippen LogP contribution in [0.5, 0.6) is 0 Å². The maximum absolute atomic E-state index is 12.2. The zero-order valence-corrected chi connectivity index (χ0v) is 19.7. The van der Waals surface area contributed by atoms with Crippen molar-refractivity contribution in [1.29, 1.82) is 0 Å². The van der Waals surface area contributed by atoms with E-state index in [-0.39, 0.29) is 64.3 Å². The Morgan fingerprint density at radius 2 is 0.941 bits per heavy atom. The van der Waals surface area contributed by atoms with Crippen LogP contribution in [-0.2, 0) is 38.3 Å². The number of hydrogen-bond acceptors (Lipinski definition) is 12. The Balaban J connectivity index is 1.78. The van der Waals surface area contributed by atoms with Crippen LogP contribution in [0.2, 0.25) is 0 Å². The Labute approximate surface area is 196 Å². The van der Waals surface area contributed by atoms with Gasteiger partial charge in [-0.05, 0) is 11.8 Å². The van der Waals surface area contributed by atoms with Crippen LogP contribution in [0.1, 0.15) is 27.7 Å². The molecule has 0 N–H and O–H groups in total. The van der Waals surface area contributed by atoms with E-state index in [1.807, 2.05) is 27.7 Å². The van der Waals surface area contributed by atoms with E-state index in [4.69, 9.17) is 19.1 Å². The highest BCUT2D eigenvalue weighted by atomic mass is 16.8. The second-order valence-electron chi connectivity index (χ2n) is 8.68. The first-order valence-corrected chi connectivity index (χ1v) is 10.8. The van der Waals surface area contributed by atoms with E-state index in [2.05, 4.69) is 0 Å². The lowest BCUT2D eigenvalue weighted by Gasteiger charge is -2.34. The summed E-state index contributed by atoms with van der Waals surface area (Å²) in [5, 5.41) is 0.751. The van der Waals surface area contributed by atoms with Crippen LogP contribution in [0.3, 0.4) is 0 Å². The van der Waals surface area contributed by atoms with E-state index in [1.165, 1.54) is 9.80 Å². The fourth-order valence-corrected chi connectivity index (χ4v) is 2.89. The van der Waals surface area contributed by atoms with Crippen LogP contribution in [0, 0.1) is 11.8 Å². The molecule has 0 atom stereocenters. The van der Waals surface area contributed by atoms with Gasteiger partial charge in [-0.25, -0.2) is 9.59 Å². The number of nitrogens with zero attached hydrogens (tertiary/aromatic N) is 4. The first kappa shape index (κ1) is 27.0. The number of hydroxylamine groups is 4. The zero-order valence-electron chi connectivity index (χ0n) is 19.7. The first-order valence-electron chi connectivity index (χ1n) is 10.8. The quantitative estimate of drug-likeness (QED) is 0.313. The van der Waals surface area contributed by atoms with E-state index in [0.29, 0.717) is 10.1 Å². The van der Waals surface area contributed by atoms with Gasteiger partial charge in [-0.15, -0.1) is 0 Å². The Morgan fingerprint density at radius 3 is 1.21 bits per heavy atom. The van der Waals surface area contributed by atoms with E-state index < -0.39 is 35.9 Å². The van der Waals surface area contributed by atoms with E-state index in [1.54, 1.807) is 0 Å². The minimum atomic E-state index is -1.14. The average molecular weight is 486 g/mol. The lowest BCUT2D eigenvalue weighted by Crippen LogP contribution is -2.58. The number of carbonyl (C=O) groups excluding carboxylic acids is 6. The third-order valence-electron chi connectivity index (χ3n) is 4.47. The molecule has 190 valence electrons. The van der Waals surface area contributed by atoms with E-state index in [0.717, 1.165) is 0 Å². The van der Waals surface area contributed by atoms with Crippen LogP contribution >= 0.6 is 0 Å². The maximum atomic E-state index is 12.2. The molecule has 0 aromatic carbocycles. The largest absolute Gasteiger partial charge is 0.533 e. The van der Waals surface area contributed by atoms with Gasteiger partial charge in [0.05, 0.1) is 39.4 Å². The summed E-state index contributed by atoms with van der Waals surface area (Å²) in [6, 6.07) is 0. The van der Waals surface area contributed by atoms with Gasteiger partial charge in [-0.3, -0.25) is 38.7 Å². The molecule has 2 aliphatic heterocycles. The molecule has 0 radical (unpaired) electrons. The molecule has 0 aromatic rings. The van der Waals surface area contributed by atoms with Crippen molar-refractivity contribution in [3.63, 3.8) is 0 Å². The molecular formula is C20H30N4O10. The third kappa shape index (κ3) is 8.26. The molecule has 2 aliphatic rings. The topological polar surface area (TPSA) is 152 Å². The minimum absolute atomic E-state index is 0.0571. The molecule has 34 heavy (non-hydrogen) atoms. The maximum Gasteiger partial charge on any atom is 0.533 e. The molecule has 0 bridgehead atoms. The molecule has 0 aliphatic carbocycles. The molecule has 0 saturated carbocycles. The zero-order chi connectivity index (χ0) is 25.4. The molecule has 2 heterocycles. The second kappa shape index (κ2) is 12.3. The first-order chi connectivity index (χ1) is 16.0. The van der Waals surface area contributed by atoms with Crippen LogP contribution in [0.25, 0.3) is 0 Å². The standard InChI is InChI=1S/C20H30N4O10/c1-13(2)11-31-19(29)33-23-15(25)7-21(8-16(23)26)5-6-22-9-17(27)24(18(28)10-22)34-20(30)32-12-14(3)4/h13-14H,5-12H2,1-4H3. The van der Waals surface area contributed by atoms with Crippen molar-refractivity contribution in [2.45, 2.75) is 27.7 Å². The van der Waals surface area contributed by atoms with E-state index >= 15 is 0 Å². The predicted octanol–water partition coefficient (Wildman–Crippen LogP) is -0.224. The van der Waals surface area contributed by atoms with Gasteiger partial charge < -0.3 is 9.47 Å². The van der Waals surface area contributed by atoms with Gasteiger partial charge in [0.15, 0.2) is 0 Å². The smallest absolute Gasteiger partial charge is 0.432 e. The number of rotatable bonds is 9. The summed E-state index contributed by atoms with van der Waals surface area (Å²) in [4.78, 5) is 84.5. The van der Waals surface area contributed by atoms with Crippen LogP contribution in [0.15, 0.2) is 0 Å². The number of imide groups is 2. The number of amides is 4. The highest BCUT2D eigenvalue weighted by molar-refractivity contribution is 5.99. The number of ether oxygens (including phenoxy) is 2. The molecule has 4 amide bonds. The molecular weight excluding hydrogens is 456 g/mol. The molecule has 14 heteroatoms. The molecule has 0 spiro atoms. The van der Waals surface area contributed by atoms with Crippen molar-refractivity contribution in [2.24, 2.45) is 11.8 Å². The molecule has 14 nitrogen and oxygen atoms in total. The normalized spacial score (nSPS) is 18.1. The summed E-state index contributed by atoms with van der Waals surface area (Å²) in [6.45, 7) is 6.94. The molecule has 2 saturated heterocycles. The highest BCUT2D eigenvalue weighted by Crippen LogP contribution is 2.11. The van der Waals surface area contributed by atoms with Gasteiger partial charge in [0.1, 0.15) is 0 Å². The van der Waals surface area contributed by atoms with Crippen molar-refractivity contribution in [1.82, 2.24) is 19.9 Å². The second-order valence-corrected chi connectivity index (χ2v) is 8.68. The summed E-state index contributed by atoms with van der Waals surface area (Å²) in [5.74, 6) is -2.87. The number of carbonyl (C=O) groups is 6. The summed E-state index contributed by atoms with van der Waals surface area (Å²) < 4.78 is 9.60. The Bertz CT molecular complexity index is 713. The monoisotopic (exact) mass is 486 g/mol. The molecule has 0 unspecified atom stereocenters. The van der Waals surface area contributed by atoms with Crippen LogP contribution in [-0.4, -0.2) is 108 Å². The van der Waals surface area contributed by atoms with Gasteiger partial charge >= 0.3 is 12.3 Å². The lowest BCUT2D eigenvalue weighted by molar-refractivity contribution is -0.194. The van der Waals surface area contributed by atoms with Gasteiger partial charge in [0, 0.05) is 13.1 Å². The fourth-order valence-electron chi connectivity index (χ4n) is 2.89. The fraction of sp³-hybridized carbons (Fsp3) is 0.700. The minimum Gasteiger partial charge on any atom is -0.432 e. The van der Waals surface area contributed by atoms with Crippen LogP contribution in [0.4, 0.5) is 9.59 Å². The average Bonchev–Trinajstić information content (AvgIpc) is 2.74. The van der Waals surface area contributed by atoms with Crippen molar-refractivity contribution in [2.75, 3.05) is 52.5 Å². The molecule has 2 fully saturated rings. The Hall–Kier alpha value is -3.26. The van der Waals surface area contributed by atoms with Crippen molar-refractivity contribution in [3.05, 3.63) is 0 Å². The van der Waals surface area contributed by atoms with Gasteiger partial charge in [-0.1, -0.05) is 37.8 Å². The Kier molecular flexibility index (Phi) is 9.74. The summed E-state index contributed by atoms with van der Waals surface area (Å²) in [7, 11) is 0. The van der Waals surface area contributed by atoms with Crippen LogP contribution < -0.4 is 0 Å². The highest BCUT2D eigenvalue weighted by Gasteiger charge is 2.37. The molecule has 2 rings (SSSR count). The third-order valence-corrected chi connectivity index (χ3v) is 4.47. The summed E-state index contributed by atoms with van der Waals surface area (Å²) >= 11 is 0. The van der Waals surface area contributed by atoms with Crippen molar-refractivity contribution < 1.29 is 47.9 Å². The predicted molar refractivity (Wildman–Crippen MR) is 111 cm³/mol. The summed E-state index contributed by atoms with van der Waals surface area (Å²) in [6.07, 6.45) is -2.29. The molecule has 0 aromatic heterocycles. The van der Waals surface area contributed by atoms with Crippen molar-refractivity contribution in [3.8, 4) is 0 Å². The van der Waals surface area contributed by atoms with E-state index in [9.17, 15) is 28.8 Å². The Morgan fingerprint density at radius 1 is 0.647 bits per heavy atom.